The Labute approximate surface area is 130 Å². The van der Waals surface area contributed by atoms with E-state index in [9.17, 15) is 18.5 Å². The molecule has 8 heteroatoms. The summed E-state index contributed by atoms with van der Waals surface area (Å²) in [7, 11) is -3.95. The number of hydrogen-bond acceptors (Lipinski definition) is 5. The lowest BCUT2D eigenvalue weighted by Gasteiger charge is -2.29. The van der Waals surface area contributed by atoms with Gasteiger partial charge in [-0.05, 0) is 30.9 Å². The van der Waals surface area contributed by atoms with Gasteiger partial charge in [-0.2, -0.15) is 0 Å². The molecule has 7 nitrogen and oxygen atoms in total. The van der Waals surface area contributed by atoms with Crippen LogP contribution < -0.4 is 10.5 Å². The van der Waals surface area contributed by atoms with E-state index in [0.29, 0.717) is 11.6 Å². The highest BCUT2D eigenvalue weighted by atomic mass is 32.2. The van der Waals surface area contributed by atoms with Crippen molar-refractivity contribution < 1.29 is 13.3 Å². The zero-order valence-electron chi connectivity index (χ0n) is 12.5. The number of nitrogens with two attached hydrogens (primary N) is 1. The van der Waals surface area contributed by atoms with E-state index in [4.69, 9.17) is 5.14 Å². The van der Waals surface area contributed by atoms with E-state index in [0.717, 1.165) is 31.7 Å². The maximum Gasteiger partial charge on any atom is 0.293 e. The maximum atomic E-state index is 11.3. The largest absolute Gasteiger partial charge is 0.377 e. The number of rotatable bonds is 5. The molecular weight excluding hydrogens is 306 g/mol. The number of nitro groups is 1. The Hall–Kier alpha value is -1.67. The quantitative estimate of drug-likeness (QED) is 0.637. The number of anilines is 1. The van der Waals surface area contributed by atoms with Gasteiger partial charge in [0.1, 0.15) is 5.69 Å². The third-order valence-electron chi connectivity index (χ3n) is 4.21. The minimum atomic E-state index is -3.95. The molecule has 1 saturated carbocycles. The average Bonchev–Trinajstić information content (AvgIpc) is 2.46. The lowest BCUT2D eigenvalue weighted by atomic mass is 9.84. The molecule has 22 heavy (non-hydrogen) atoms. The number of sulfonamides is 1. The fraction of sp³-hybridized carbons (Fsp3) is 0.571. The summed E-state index contributed by atoms with van der Waals surface area (Å²) in [6.07, 6.45) is 5.33. The highest BCUT2D eigenvalue weighted by molar-refractivity contribution is 7.89. The Bertz CT molecular complexity index is 660. The summed E-state index contributed by atoms with van der Waals surface area (Å²) in [5.74, 6) is 0.633. The van der Waals surface area contributed by atoms with Crippen molar-refractivity contribution in [3.05, 3.63) is 28.3 Å². The van der Waals surface area contributed by atoms with E-state index in [1.807, 2.05) is 0 Å². The normalized spacial score (nSPS) is 22.3. The molecule has 0 bridgehead atoms. The molecule has 1 aliphatic rings. The fourth-order valence-electron chi connectivity index (χ4n) is 2.97. The minimum Gasteiger partial charge on any atom is -0.377 e. The Balaban J connectivity index is 2.25. The minimum absolute atomic E-state index is 0.178. The van der Waals surface area contributed by atoms with Gasteiger partial charge in [0, 0.05) is 12.1 Å². The van der Waals surface area contributed by atoms with Gasteiger partial charge in [0.05, 0.1) is 9.82 Å². The summed E-state index contributed by atoms with van der Waals surface area (Å²) in [5.41, 5.74) is 0.0873. The standard InChI is InChI=1S/C14H21N3O4S/c1-2-10-4-3-5-11(8-10)16-13-7-6-12(22(15,20)21)9-14(13)17(18)19/h6-7,9-11,16H,2-5,8H2,1H3,(H2,15,20,21). The third-order valence-corrected chi connectivity index (χ3v) is 5.13. The highest BCUT2D eigenvalue weighted by Gasteiger charge is 2.24. The van der Waals surface area contributed by atoms with Crippen LogP contribution in [0.4, 0.5) is 11.4 Å². The summed E-state index contributed by atoms with van der Waals surface area (Å²) in [5, 5.41) is 19.4. The molecular formula is C14H21N3O4S. The predicted molar refractivity (Wildman–Crippen MR) is 84.1 cm³/mol. The number of nitro benzene ring substituents is 1. The van der Waals surface area contributed by atoms with Crippen molar-refractivity contribution in [2.45, 2.75) is 50.0 Å². The van der Waals surface area contributed by atoms with Crippen LogP contribution in [0.1, 0.15) is 39.0 Å². The fourth-order valence-corrected chi connectivity index (χ4v) is 3.51. The molecule has 0 saturated heterocycles. The monoisotopic (exact) mass is 327 g/mol. The van der Waals surface area contributed by atoms with Crippen LogP contribution in [0.5, 0.6) is 0 Å². The van der Waals surface area contributed by atoms with Crippen LogP contribution in [0, 0.1) is 16.0 Å². The molecule has 1 aromatic rings. The predicted octanol–water partition coefficient (Wildman–Crippen LogP) is 2.62. The summed E-state index contributed by atoms with van der Waals surface area (Å²) >= 11 is 0. The first-order chi connectivity index (χ1) is 10.3. The van der Waals surface area contributed by atoms with E-state index >= 15 is 0 Å². The molecule has 0 radical (unpaired) electrons. The van der Waals surface area contributed by atoms with Gasteiger partial charge in [-0.15, -0.1) is 0 Å². The number of primary sulfonamides is 1. The third kappa shape index (κ3) is 3.95. The SMILES string of the molecule is CCC1CCCC(Nc2ccc(S(N)(=O)=O)cc2[N+](=O)[O-])C1. The van der Waals surface area contributed by atoms with Crippen molar-refractivity contribution in [1.82, 2.24) is 0 Å². The molecule has 0 aliphatic heterocycles. The van der Waals surface area contributed by atoms with Crippen LogP contribution in [0.15, 0.2) is 23.1 Å². The van der Waals surface area contributed by atoms with Gasteiger partial charge in [-0.3, -0.25) is 10.1 Å². The second-order valence-electron chi connectivity index (χ2n) is 5.76. The molecule has 0 aromatic heterocycles. The van der Waals surface area contributed by atoms with Crippen LogP contribution in [0.2, 0.25) is 0 Å². The Morgan fingerprint density at radius 1 is 1.41 bits per heavy atom. The summed E-state index contributed by atoms with van der Waals surface area (Å²) in [6, 6.07) is 3.91. The van der Waals surface area contributed by atoms with E-state index in [2.05, 4.69) is 12.2 Å². The number of benzene rings is 1. The molecule has 2 rings (SSSR count). The molecule has 2 atom stereocenters. The zero-order chi connectivity index (χ0) is 16.3. The van der Waals surface area contributed by atoms with Gasteiger partial charge in [0.15, 0.2) is 0 Å². The number of nitrogens with zero attached hydrogens (tertiary/aromatic N) is 1. The van der Waals surface area contributed by atoms with Crippen LogP contribution >= 0.6 is 0 Å². The lowest BCUT2D eigenvalue weighted by molar-refractivity contribution is -0.384. The molecule has 1 fully saturated rings. The molecule has 3 N–H and O–H groups in total. The van der Waals surface area contributed by atoms with Crippen molar-refractivity contribution in [1.29, 1.82) is 0 Å². The first-order valence-electron chi connectivity index (χ1n) is 7.39. The van der Waals surface area contributed by atoms with Crippen LogP contribution in [0.25, 0.3) is 0 Å². The van der Waals surface area contributed by atoms with Gasteiger partial charge in [0.25, 0.3) is 5.69 Å². The van der Waals surface area contributed by atoms with Crippen LogP contribution in [-0.2, 0) is 10.0 Å². The molecule has 1 aliphatic carbocycles. The lowest BCUT2D eigenvalue weighted by Crippen LogP contribution is -2.27. The smallest absolute Gasteiger partial charge is 0.293 e. The number of nitrogens with one attached hydrogen (secondary N) is 1. The van der Waals surface area contributed by atoms with Crippen molar-refractivity contribution in [2.24, 2.45) is 11.1 Å². The average molecular weight is 327 g/mol. The van der Waals surface area contributed by atoms with Gasteiger partial charge >= 0.3 is 0 Å². The van der Waals surface area contributed by atoms with Crippen molar-refractivity contribution in [3.8, 4) is 0 Å². The first kappa shape index (κ1) is 16.7. The highest BCUT2D eigenvalue weighted by Crippen LogP contribution is 2.32. The first-order valence-corrected chi connectivity index (χ1v) is 8.93. The Morgan fingerprint density at radius 3 is 2.73 bits per heavy atom. The Kier molecular flexibility index (Phi) is 5.02. The van der Waals surface area contributed by atoms with Crippen LogP contribution in [-0.4, -0.2) is 19.4 Å². The number of hydrogen-bond donors (Lipinski definition) is 2. The molecule has 0 heterocycles. The molecule has 1 aromatic carbocycles. The van der Waals surface area contributed by atoms with Crippen LogP contribution in [0.3, 0.4) is 0 Å². The van der Waals surface area contributed by atoms with E-state index in [-0.39, 0.29) is 16.6 Å². The molecule has 0 spiro atoms. The van der Waals surface area contributed by atoms with Crippen molar-refractivity contribution in [2.75, 3.05) is 5.32 Å². The summed E-state index contributed by atoms with van der Waals surface area (Å²) < 4.78 is 22.7. The van der Waals surface area contributed by atoms with E-state index in [1.54, 1.807) is 0 Å². The van der Waals surface area contributed by atoms with Crippen molar-refractivity contribution >= 4 is 21.4 Å². The molecule has 0 amide bonds. The van der Waals surface area contributed by atoms with Gasteiger partial charge in [-0.1, -0.05) is 26.2 Å². The van der Waals surface area contributed by atoms with Gasteiger partial charge in [0.2, 0.25) is 10.0 Å². The Morgan fingerprint density at radius 2 is 2.14 bits per heavy atom. The van der Waals surface area contributed by atoms with Gasteiger partial charge in [-0.25, -0.2) is 13.6 Å². The van der Waals surface area contributed by atoms with Gasteiger partial charge < -0.3 is 5.32 Å². The van der Waals surface area contributed by atoms with E-state index < -0.39 is 14.9 Å². The van der Waals surface area contributed by atoms with Crippen molar-refractivity contribution in [3.63, 3.8) is 0 Å². The topological polar surface area (TPSA) is 115 Å². The molecule has 122 valence electrons. The molecule has 2 unspecified atom stereocenters. The zero-order valence-corrected chi connectivity index (χ0v) is 13.3. The second kappa shape index (κ2) is 6.62. The van der Waals surface area contributed by atoms with E-state index in [1.165, 1.54) is 18.6 Å². The second-order valence-corrected chi connectivity index (χ2v) is 7.32. The summed E-state index contributed by atoms with van der Waals surface area (Å²) in [6.45, 7) is 2.15. The summed E-state index contributed by atoms with van der Waals surface area (Å²) in [4.78, 5) is 10.4. The maximum absolute atomic E-state index is 11.3.